The first-order chi connectivity index (χ1) is 10.5. The van der Waals surface area contributed by atoms with Crippen LogP contribution in [0.25, 0.3) is 10.8 Å². The van der Waals surface area contributed by atoms with E-state index in [1.165, 1.54) is 10.9 Å². The van der Waals surface area contributed by atoms with Gasteiger partial charge in [-0.05, 0) is 41.4 Å². The van der Waals surface area contributed by atoms with Crippen LogP contribution in [0.4, 0.5) is 0 Å². The summed E-state index contributed by atoms with van der Waals surface area (Å²) < 4.78 is 0. The second kappa shape index (κ2) is 6.09. The topological polar surface area (TPSA) is 23.6 Å². The minimum Gasteiger partial charge on any atom is -0.336 e. The highest BCUT2D eigenvalue weighted by Crippen LogP contribution is 2.23. The van der Waals surface area contributed by atoms with Crippen molar-refractivity contribution in [3.8, 4) is 0 Å². The van der Waals surface area contributed by atoms with Gasteiger partial charge in [0.15, 0.2) is 0 Å². The average molecular weight is 296 g/mol. The molecule has 1 fully saturated rings. The first-order valence-electron chi connectivity index (χ1n) is 8.06. The normalized spacial score (nSPS) is 16.5. The number of rotatable bonds is 2. The molecule has 1 amide bonds. The lowest BCUT2D eigenvalue weighted by molar-refractivity contribution is 0.0664. The van der Waals surface area contributed by atoms with Gasteiger partial charge in [0.1, 0.15) is 0 Å². The van der Waals surface area contributed by atoms with Crippen LogP contribution in [0.15, 0.2) is 36.4 Å². The van der Waals surface area contributed by atoms with E-state index < -0.39 is 0 Å². The molecule has 0 radical (unpaired) electrons. The SMILES string of the molecule is CC(C)c1ccc2cc(C(=O)N3CCN(C)CC3)ccc2c1. The van der Waals surface area contributed by atoms with Crippen LogP contribution in [0.3, 0.4) is 0 Å². The Labute approximate surface area is 132 Å². The fourth-order valence-electron chi connectivity index (χ4n) is 2.95. The van der Waals surface area contributed by atoms with Crippen LogP contribution in [0.2, 0.25) is 0 Å². The van der Waals surface area contributed by atoms with Crippen LogP contribution in [-0.2, 0) is 0 Å². The van der Waals surface area contributed by atoms with Gasteiger partial charge in [-0.1, -0.05) is 38.1 Å². The van der Waals surface area contributed by atoms with Gasteiger partial charge < -0.3 is 9.80 Å². The van der Waals surface area contributed by atoms with Crippen molar-refractivity contribution in [1.82, 2.24) is 9.80 Å². The molecule has 0 aliphatic carbocycles. The number of carbonyl (C=O) groups excluding carboxylic acids is 1. The largest absolute Gasteiger partial charge is 0.336 e. The molecular formula is C19H24N2O. The van der Waals surface area contributed by atoms with E-state index in [0.717, 1.165) is 37.1 Å². The van der Waals surface area contributed by atoms with Gasteiger partial charge in [0.2, 0.25) is 0 Å². The van der Waals surface area contributed by atoms with Crippen molar-refractivity contribution in [2.45, 2.75) is 19.8 Å². The second-order valence-electron chi connectivity index (χ2n) is 6.57. The molecule has 116 valence electrons. The van der Waals surface area contributed by atoms with Crippen LogP contribution >= 0.6 is 0 Å². The summed E-state index contributed by atoms with van der Waals surface area (Å²) in [4.78, 5) is 16.9. The summed E-state index contributed by atoms with van der Waals surface area (Å²) in [6.07, 6.45) is 0. The van der Waals surface area contributed by atoms with Crippen molar-refractivity contribution >= 4 is 16.7 Å². The van der Waals surface area contributed by atoms with Gasteiger partial charge >= 0.3 is 0 Å². The average Bonchev–Trinajstić information content (AvgIpc) is 2.54. The Hall–Kier alpha value is -1.87. The van der Waals surface area contributed by atoms with Crippen molar-refractivity contribution in [3.63, 3.8) is 0 Å². The maximum atomic E-state index is 12.6. The Bertz CT molecular complexity index is 685. The van der Waals surface area contributed by atoms with Gasteiger partial charge in [0.25, 0.3) is 5.91 Å². The zero-order chi connectivity index (χ0) is 15.7. The number of carbonyl (C=O) groups is 1. The number of nitrogens with zero attached hydrogens (tertiary/aromatic N) is 2. The maximum Gasteiger partial charge on any atom is 0.253 e. The number of hydrogen-bond acceptors (Lipinski definition) is 2. The molecule has 3 heteroatoms. The van der Waals surface area contributed by atoms with E-state index in [1.807, 2.05) is 17.0 Å². The number of hydrogen-bond donors (Lipinski definition) is 0. The van der Waals surface area contributed by atoms with Gasteiger partial charge in [-0.25, -0.2) is 0 Å². The predicted molar refractivity (Wildman–Crippen MR) is 91.4 cm³/mol. The molecule has 1 saturated heterocycles. The maximum absolute atomic E-state index is 12.6. The number of fused-ring (bicyclic) bond motifs is 1. The van der Waals surface area contributed by atoms with Gasteiger partial charge in [-0.15, -0.1) is 0 Å². The smallest absolute Gasteiger partial charge is 0.253 e. The quantitative estimate of drug-likeness (QED) is 0.848. The third-order valence-electron chi connectivity index (χ3n) is 4.57. The number of piperazine rings is 1. The van der Waals surface area contributed by atoms with E-state index in [4.69, 9.17) is 0 Å². The van der Waals surface area contributed by atoms with Crippen LogP contribution in [0.5, 0.6) is 0 Å². The molecule has 1 aliphatic heterocycles. The Kier molecular flexibility index (Phi) is 4.16. The lowest BCUT2D eigenvalue weighted by atomic mass is 9.98. The van der Waals surface area contributed by atoms with Gasteiger partial charge in [-0.3, -0.25) is 4.79 Å². The second-order valence-corrected chi connectivity index (χ2v) is 6.57. The van der Waals surface area contributed by atoms with Crippen molar-refractivity contribution in [3.05, 3.63) is 47.5 Å². The molecule has 22 heavy (non-hydrogen) atoms. The zero-order valence-corrected chi connectivity index (χ0v) is 13.7. The van der Waals surface area contributed by atoms with Crippen LogP contribution in [0.1, 0.15) is 35.7 Å². The molecule has 0 bridgehead atoms. The van der Waals surface area contributed by atoms with E-state index in [2.05, 4.69) is 50.1 Å². The van der Waals surface area contributed by atoms with Crippen LogP contribution < -0.4 is 0 Å². The summed E-state index contributed by atoms with van der Waals surface area (Å²) in [5.41, 5.74) is 2.14. The molecule has 2 aromatic rings. The molecule has 0 spiro atoms. The lowest BCUT2D eigenvalue weighted by Gasteiger charge is -2.32. The minimum absolute atomic E-state index is 0.155. The molecule has 2 aromatic carbocycles. The van der Waals surface area contributed by atoms with Crippen molar-refractivity contribution in [1.29, 1.82) is 0 Å². The van der Waals surface area contributed by atoms with Gasteiger partial charge in [0.05, 0.1) is 0 Å². The Morgan fingerprint density at radius 3 is 2.27 bits per heavy atom. The summed E-state index contributed by atoms with van der Waals surface area (Å²) in [5.74, 6) is 0.680. The Balaban J connectivity index is 1.85. The first-order valence-corrected chi connectivity index (χ1v) is 8.06. The molecule has 0 N–H and O–H groups in total. The molecule has 3 rings (SSSR count). The monoisotopic (exact) mass is 296 g/mol. The lowest BCUT2D eigenvalue weighted by Crippen LogP contribution is -2.47. The molecule has 0 atom stereocenters. The molecule has 1 aliphatic rings. The summed E-state index contributed by atoms with van der Waals surface area (Å²) in [6, 6.07) is 12.6. The molecule has 0 unspecified atom stereocenters. The van der Waals surface area contributed by atoms with E-state index in [0.29, 0.717) is 5.92 Å². The fourth-order valence-corrected chi connectivity index (χ4v) is 2.95. The van der Waals surface area contributed by atoms with Crippen molar-refractivity contribution in [2.75, 3.05) is 33.2 Å². The van der Waals surface area contributed by atoms with Crippen LogP contribution in [0, 0.1) is 0 Å². The fraction of sp³-hybridized carbons (Fsp3) is 0.421. The van der Waals surface area contributed by atoms with Crippen molar-refractivity contribution in [2.24, 2.45) is 0 Å². The number of likely N-dealkylation sites (N-methyl/N-ethyl adjacent to an activating group) is 1. The first kappa shape index (κ1) is 15.0. The third kappa shape index (κ3) is 3.00. The molecule has 0 aromatic heterocycles. The Morgan fingerprint density at radius 1 is 0.955 bits per heavy atom. The molecule has 0 saturated carbocycles. The van der Waals surface area contributed by atoms with E-state index >= 15 is 0 Å². The van der Waals surface area contributed by atoms with E-state index in [1.54, 1.807) is 0 Å². The van der Waals surface area contributed by atoms with E-state index in [-0.39, 0.29) is 5.91 Å². The zero-order valence-electron chi connectivity index (χ0n) is 13.7. The third-order valence-corrected chi connectivity index (χ3v) is 4.57. The Morgan fingerprint density at radius 2 is 1.59 bits per heavy atom. The highest BCUT2D eigenvalue weighted by Gasteiger charge is 2.20. The summed E-state index contributed by atoms with van der Waals surface area (Å²) in [6.45, 7) is 7.95. The van der Waals surface area contributed by atoms with E-state index in [9.17, 15) is 4.79 Å². The van der Waals surface area contributed by atoms with Crippen LogP contribution in [-0.4, -0.2) is 48.9 Å². The summed E-state index contributed by atoms with van der Waals surface area (Å²) in [7, 11) is 2.10. The predicted octanol–water partition coefficient (Wildman–Crippen LogP) is 3.35. The standard InChI is InChI=1S/C19H24N2O/c1-14(2)15-4-5-17-13-18(7-6-16(17)12-15)19(22)21-10-8-20(3)9-11-21/h4-7,12-14H,8-11H2,1-3H3. The van der Waals surface area contributed by atoms with Gasteiger partial charge in [-0.2, -0.15) is 0 Å². The highest BCUT2D eigenvalue weighted by atomic mass is 16.2. The summed E-state index contributed by atoms with van der Waals surface area (Å²) >= 11 is 0. The minimum atomic E-state index is 0.155. The summed E-state index contributed by atoms with van der Waals surface area (Å²) in [5, 5.41) is 2.35. The number of benzene rings is 2. The molecular weight excluding hydrogens is 272 g/mol. The number of amides is 1. The highest BCUT2D eigenvalue weighted by molar-refractivity contribution is 5.98. The molecule has 3 nitrogen and oxygen atoms in total. The van der Waals surface area contributed by atoms with Gasteiger partial charge in [0, 0.05) is 31.7 Å². The van der Waals surface area contributed by atoms with Crippen molar-refractivity contribution < 1.29 is 4.79 Å². The molecule has 1 heterocycles.